The minimum absolute atomic E-state index is 0. The van der Waals surface area contributed by atoms with Crippen LogP contribution in [0, 0.1) is 12.3 Å². The number of ether oxygens (including phenoxy) is 1. The fourth-order valence-electron chi connectivity index (χ4n) is 1.30. The van der Waals surface area contributed by atoms with Gasteiger partial charge in [-0.25, -0.2) is 9.13 Å². The zero-order valence-electron chi connectivity index (χ0n) is 9.71. The number of unbranched alkanes of at least 4 members (excludes halogenated alkanes) is 1. The van der Waals surface area contributed by atoms with Gasteiger partial charge in [0.25, 0.3) is 0 Å². The highest BCUT2D eigenvalue weighted by Gasteiger charge is 2.11. The summed E-state index contributed by atoms with van der Waals surface area (Å²) < 4.78 is 9.11. The summed E-state index contributed by atoms with van der Waals surface area (Å²) in [7, 11) is 1.87. The van der Waals surface area contributed by atoms with E-state index in [1.165, 1.54) is 6.21 Å². The van der Waals surface area contributed by atoms with E-state index in [1.807, 2.05) is 28.6 Å². The van der Waals surface area contributed by atoms with Crippen LogP contribution in [0.4, 0.5) is 0 Å². The van der Waals surface area contributed by atoms with Crippen LogP contribution in [0.15, 0.2) is 17.5 Å². The maximum atomic E-state index is 8.51. The molecule has 1 N–H and O–H groups in total. The zero-order valence-corrected chi connectivity index (χ0v) is 10.5. The number of oxime groups is 1. The fourth-order valence-corrected chi connectivity index (χ4v) is 1.30. The molecule has 0 bridgehead atoms. The van der Waals surface area contributed by atoms with Crippen molar-refractivity contribution < 1.29 is 26.9 Å². The molecule has 0 spiro atoms. The summed E-state index contributed by atoms with van der Waals surface area (Å²) in [6.07, 6.45) is 11.8. The fraction of sp³-hybridized carbons (Fsp3) is 0.455. The van der Waals surface area contributed by atoms with Gasteiger partial charge < -0.3 is 22.4 Å². The smallest absolute Gasteiger partial charge is 0.305 e. The molecule has 0 amide bonds. The lowest BCUT2D eigenvalue weighted by molar-refractivity contribution is -0.672. The molecule has 0 fully saturated rings. The average molecular weight is 258 g/mol. The molecule has 1 rings (SSSR count). The number of nitrogens with zero attached hydrogens (tertiary/aromatic N) is 3. The van der Waals surface area contributed by atoms with Crippen LogP contribution in [0.5, 0.6) is 0 Å². The lowest BCUT2D eigenvalue weighted by atomic mass is 10.3. The monoisotopic (exact) mass is 257 g/mol. The van der Waals surface area contributed by atoms with Crippen molar-refractivity contribution in [2.45, 2.75) is 19.6 Å². The van der Waals surface area contributed by atoms with E-state index >= 15 is 0 Å². The molecule has 0 aliphatic carbocycles. The van der Waals surface area contributed by atoms with E-state index in [-0.39, 0.29) is 12.4 Å². The first-order valence-corrected chi connectivity index (χ1v) is 5.03. The molecule has 0 saturated carbocycles. The van der Waals surface area contributed by atoms with Crippen LogP contribution in [0.3, 0.4) is 0 Å². The summed E-state index contributed by atoms with van der Waals surface area (Å²) in [6, 6.07) is 0. The Morgan fingerprint density at radius 3 is 3.12 bits per heavy atom. The predicted octanol–water partition coefficient (Wildman–Crippen LogP) is -2.49. The zero-order chi connectivity index (χ0) is 11.8. The molecule has 1 aromatic heterocycles. The molecule has 0 aromatic carbocycles. The summed E-state index contributed by atoms with van der Waals surface area (Å²) in [6.45, 7) is 1.05. The third-order valence-corrected chi connectivity index (χ3v) is 2.14. The van der Waals surface area contributed by atoms with Crippen LogP contribution in [-0.2, 0) is 18.5 Å². The van der Waals surface area contributed by atoms with Crippen molar-refractivity contribution in [3.8, 4) is 12.3 Å². The van der Waals surface area contributed by atoms with E-state index in [9.17, 15) is 0 Å². The second-order valence-corrected chi connectivity index (χ2v) is 3.33. The topological polar surface area (TPSA) is 50.6 Å². The third kappa shape index (κ3) is 4.89. The number of terminal acetylenes is 1. The van der Waals surface area contributed by atoms with Gasteiger partial charge in [0.2, 0.25) is 0 Å². The number of imidazole rings is 1. The Morgan fingerprint density at radius 2 is 2.47 bits per heavy atom. The highest BCUT2D eigenvalue weighted by Crippen LogP contribution is 1.95. The van der Waals surface area contributed by atoms with E-state index in [0.29, 0.717) is 13.3 Å². The van der Waals surface area contributed by atoms with Crippen LogP contribution in [0.2, 0.25) is 0 Å². The van der Waals surface area contributed by atoms with Crippen LogP contribution in [0.25, 0.3) is 0 Å². The molecule has 5 nitrogen and oxygen atoms in total. The van der Waals surface area contributed by atoms with Crippen molar-refractivity contribution >= 4 is 6.21 Å². The Kier molecular flexibility index (Phi) is 7.85. The largest absolute Gasteiger partial charge is 1.00 e. The van der Waals surface area contributed by atoms with Crippen LogP contribution in [0.1, 0.15) is 18.7 Å². The molecule has 1 heterocycles. The Balaban J connectivity index is 0.00000256. The van der Waals surface area contributed by atoms with Crippen molar-refractivity contribution in [2.24, 2.45) is 12.2 Å². The average Bonchev–Trinajstić information content (AvgIpc) is 2.62. The first-order chi connectivity index (χ1) is 7.79. The lowest BCUT2D eigenvalue weighted by Gasteiger charge is -2.00. The van der Waals surface area contributed by atoms with Gasteiger partial charge in [0, 0.05) is 6.42 Å². The van der Waals surface area contributed by atoms with Gasteiger partial charge in [-0.15, -0.1) is 12.3 Å². The number of hydrogen-bond acceptors (Lipinski definition) is 3. The molecule has 1 aromatic rings. The Hall–Kier alpha value is -1.51. The maximum absolute atomic E-state index is 8.51. The number of halogens is 1. The van der Waals surface area contributed by atoms with Crippen molar-refractivity contribution in [3.05, 3.63) is 18.2 Å². The molecule has 0 saturated heterocycles. The summed E-state index contributed by atoms with van der Waals surface area (Å²) in [5, 5.41) is 11.5. The number of aromatic nitrogens is 2. The molecule has 0 aliphatic heterocycles. The molecular weight excluding hydrogens is 242 g/mol. The van der Waals surface area contributed by atoms with Gasteiger partial charge in [-0.2, -0.15) is 0 Å². The van der Waals surface area contributed by atoms with Gasteiger partial charge in [-0.3, -0.25) is 0 Å². The second kappa shape index (κ2) is 8.62. The van der Waals surface area contributed by atoms with Crippen molar-refractivity contribution in [2.75, 3.05) is 6.61 Å². The summed E-state index contributed by atoms with van der Waals surface area (Å²) in [4.78, 5) is 0. The minimum Gasteiger partial charge on any atom is -1.00 e. The van der Waals surface area contributed by atoms with Gasteiger partial charge in [-0.1, -0.05) is 5.16 Å². The molecular formula is C11H16ClN3O2. The van der Waals surface area contributed by atoms with Gasteiger partial charge in [0.05, 0.1) is 13.7 Å². The molecule has 94 valence electrons. The van der Waals surface area contributed by atoms with Crippen molar-refractivity contribution in [3.63, 3.8) is 0 Å². The normalized spacial score (nSPS) is 10.1. The van der Waals surface area contributed by atoms with Gasteiger partial charge in [-0.05, 0) is 6.42 Å². The SMILES string of the molecule is C#CCCCOCn1cc[n+](C)c1/C=N/O.[Cl-]. The van der Waals surface area contributed by atoms with Gasteiger partial charge in [0.1, 0.15) is 12.4 Å². The van der Waals surface area contributed by atoms with Crippen LogP contribution < -0.4 is 17.0 Å². The minimum atomic E-state index is 0. The maximum Gasteiger partial charge on any atom is 0.305 e. The summed E-state index contributed by atoms with van der Waals surface area (Å²) in [5.74, 6) is 3.32. The van der Waals surface area contributed by atoms with E-state index in [4.69, 9.17) is 16.4 Å². The summed E-state index contributed by atoms with van der Waals surface area (Å²) >= 11 is 0. The van der Waals surface area contributed by atoms with Crippen molar-refractivity contribution in [1.82, 2.24) is 4.57 Å². The molecule has 0 aliphatic rings. The van der Waals surface area contributed by atoms with Crippen LogP contribution in [-0.4, -0.2) is 22.6 Å². The highest BCUT2D eigenvalue weighted by atomic mass is 35.5. The van der Waals surface area contributed by atoms with Gasteiger partial charge >= 0.3 is 5.82 Å². The molecule has 17 heavy (non-hydrogen) atoms. The molecule has 0 atom stereocenters. The molecule has 0 radical (unpaired) electrons. The quantitative estimate of drug-likeness (QED) is 0.153. The number of rotatable bonds is 6. The lowest BCUT2D eigenvalue weighted by Crippen LogP contribution is -3.00. The van der Waals surface area contributed by atoms with Crippen LogP contribution >= 0.6 is 0 Å². The van der Waals surface area contributed by atoms with Crippen molar-refractivity contribution in [1.29, 1.82) is 0 Å². The Morgan fingerprint density at radius 1 is 1.71 bits per heavy atom. The van der Waals surface area contributed by atoms with Gasteiger partial charge in [0.15, 0.2) is 12.9 Å². The van der Waals surface area contributed by atoms with E-state index < -0.39 is 0 Å². The van der Waals surface area contributed by atoms with E-state index in [0.717, 1.165) is 18.7 Å². The number of aryl methyl sites for hydroxylation is 1. The molecule has 0 unspecified atom stereocenters. The summed E-state index contributed by atoms with van der Waals surface area (Å²) in [5.41, 5.74) is 0. The Bertz CT molecular complexity index is 396. The Labute approximate surface area is 107 Å². The van der Waals surface area contributed by atoms with E-state index in [1.54, 1.807) is 0 Å². The predicted molar refractivity (Wildman–Crippen MR) is 59.0 cm³/mol. The van der Waals surface area contributed by atoms with E-state index in [2.05, 4.69) is 11.1 Å². The number of hydrogen-bond donors (Lipinski definition) is 1. The first-order valence-electron chi connectivity index (χ1n) is 5.03. The third-order valence-electron chi connectivity index (χ3n) is 2.14. The first kappa shape index (κ1) is 15.5. The second-order valence-electron chi connectivity index (χ2n) is 3.33. The standard InChI is InChI=1S/C11H15N3O2.ClH/c1-3-4-5-8-16-10-14-7-6-13(2)11(14)9-12-15;/h1,6-7,9H,4-5,8,10H2,2H3;1H. The molecule has 6 heteroatoms. The highest BCUT2D eigenvalue weighted by molar-refractivity contribution is 5.72.